The summed E-state index contributed by atoms with van der Waals surface area (Å²) < 4.78 is 5.84. The molecule has 160 valence electrons. The highest BCUT2D eigenvalue weighted by Crippen LogP contribution is 2.19. The maximum atomic E-state index is 5.84. The second-order valence-corrected chi connectivity index (χ2v) is 7.49. The lowest BCUT2D eigenvalue weighted by Gasteiger charge is -2.26. The van der Waals surface area contributed by atoms with Crippen molar-refractivity contribution in [1.29, 1.82) is 0 Å². The number of piperidine rings is 1. The molecule has 8 nitrogen and oxygen atoms in total. The third-order valence-electron chi connectivity index (χ3n) is 4.98. The van der Waals surface area contributed by atoms with Gasteiger partial charge in [0.05, 0.1) is 12.8 Å². The summed E-state index contributed by atoms with van der Waals surface area (Å²) in [5, 5.41) is 4.30. The molecule has 3 aromatic rings. The van der Waals surface area contributed by atoms with Gasteiger partial charge in [-0.3, -0.25) is 4.98 Å². The van der Waals surface area contributed by atoms with Gasteiger partial charge in [0, 0.05) is 31.4 Å². The molecule has 1 N–H and O–H groups in total. The Morgan fingerprint density at radius 1 is 1.06 bits per heavy atom. The molecule has 4 rings (SSSR count). The number of hydrogen-bond donors (Lipinski definition) is 1. The topological polar surface area (TPSA) is 88.4 Å². The van der Waals surface area contributed by atoms with E-state index in [2.05, 4.69) is 54.4 Å². The number of aryl methyl sites for hydroxylation is 1. The molecule has 1 aliphatic heterocycles. The zero-order valence-electron chi connectivity index (χ0n) is 17.7. The van der Waals surface area contributed by atoms with Gasteiger partial charge in [0.15, 0.2) is 0 Å². The summed E-state index contributed by atoms with van der Waals surface area (Å²) in [6, 6.07) is 14.2. The van der Waals surface area contributed by atoms with Crippen molar-refractivity contribution in [3.63, 3.8) is 0 Å². The average Bonchev–Trinajstić information content (AvgIpc) is 2.80. The zero-order valence-corrected chi connectivity index (χ0v) is 17.7. The molecule has 0 atom stereocenters. The molecule has 1 saturated heterocycles. The molecule has 0 radical (unpaired) electrons. The molecule has 0 saturated carbocycles. The molecule has 1 aliphatic rings. The zero-order chi connectivity index (χ0) is 21.3. The Labute approximate surface area is 182 Å². The molecule has 31 heavy (non-hydrogen) atoms. The van der Waals surface area contributed by atoms with E-state index in [1.807, 2.05) is 30.3 Å². The van der Waals surface area contributed by atoms with Gasteiger partial charge in [0.2, 0.25) is 5.95 Å². The van der Waals surface area contributed by atoms with Crippen molar-refractivity contribution < 1.29 is 4.74 Å². The van der Waals surface area contributed by atoms with Crippen LogP contribution < -0.4 is 15.1 Å². The standard InChI is InChI=1S/C23H27N7O/c1-18-8-7-9-19(16-18)17-25-29-21-26-22(30-13-5-2-6-14-30)28-23(27-21)31-15-11-20-10-3-4-12-24-20/h3-4,7-10,12,16-17H,2,5-6,11,13-15H2,1H3,(H,26,27,28,29)/b25-17+. The molecule has 0 aliphatic carbocycles. The molecular weight excluding hydrogens is 390 g/mol. The van der Waals surface area contributed by atoms with Gasteiger partial charge in [0.1, 0.15) is 0 Å². The fourth-order valence-corrected chi connectivity index (χ4v) is 3.40. The van der Waals surface area contributed by atoms with Gasteiger partial charge in [-0.2, -0.15) is 20.1 Å². The number of nitrogens with one attached hydrogen (secondary N) is 1. The minimum atomic E-state index is 0.291. The molecule has 0 spiro atoms. The summed E-state index contributed by atoms with van der Waals surface area (Å²) in [5.41, 5.74) is 6.08. The van der Waals surface area contributed by atoms with Crippen LogP contribution in [-0.4, -0.2) is 45.8 Å². The lowest BCUT2D eigenvalue weighted by atomic mass is 10.1. The number of rotatable bonds is 8. The largest absolute Gasteiger partial charge is 0.463 e. The summed E-state index contributed by atoms with van der Waals surface area (Å²) in [6.07, 6.45) is 7.71. The Kier molecular flexibility index (Phi) is 7.00. The molecule has 0 unspecified atom stereocenters. The Morgan fingerprint density at radius 3 is 2.77 bits per heavy atom. The molecular formula is C23H27N7O. The number of ether oxygens (including phenoxy) is 1. The third kappa shape index (κ3) is 6.21. The van der Waals surface area contributed by atoms with Crippen molar-refractivity contribution in [3.8, 4) is 6.01 Å². The summed E-state index contributed by atoms with van der Waals surface area (Å²) in [4.78, 5) is 20.0. The van der Waals surface area contributed by atoms with Gasteiger partial charge in [-0.1, -0.05) is 35.9 Å². The molecule has 0 amide bonds. The van der Waals surface area contributed by atoms with Crippen LogP contribution in [0.2, 0.25) is 0 Å². The number of hydrazone groups is 1. The Morgan fingerprint density at radius 2 is 1.97 bits per heavy atom. The second kappa shape index (κ2) is 10.5. The van der Waals surface area contributed by atoms with Crippen LogP contribution in [0.1, 0.15) is 36.1 Å². The first-order chi connectivity index (χ1) is 15.3. The number of pyridine rings is 1. The summed E-state index contributed by atoms with van der Waals surface area (Å²) in [5.74, 6) is 0.989. The Balaban J connectivity index is 1.46. The van der Waals surface area contributed by atoms with Crippen LogP contribution in [0.5, 0.6) is 6.01 Å². The van der Waals surface area contributed by atoms with Crippen molar-refractivity contribution >= 4 is 18.1 Å². The Hall–Kier alpha value is -3.55. The fraction of sp³-hybridized carbons (Fsp3) is 0.348. The average molecular weight is 418 g/mol. The third-order valence-corrected chi connectivity index (χ3v) is 4.98. The molecule has 0 bridgehead atoms. The molecule has 8 heteroatoms. The van der Waals surface area contributed by atoms with Gasteiger partial charge in [-0.15, -0.1) is 0 Å². The number of anilines is 2. The van der Waals surface area contributed by atoms with Gasteiger partial charge in [0.25, 0.3) is 5.95 Å². The van der Waals surface area contributed by atoms with E-state index in [4.69, 9.17) is 4.74 Å². The molecule has 1 aromatic carbocycles. The highest BCUT2D eigenvalue weighted by Gasteiger charge is 2.17. The number of hydrogen-bond acceptors (Lipinski definition) is 8. The van der Waals surface area contributed by atoms with Crippen LogP contribution in [0.4, 0.5) is 11.9 Å². The van der Waals surface area contributed by atoms with E-state index in [1.54, 1.807) is 12.4 Å². The van der Waals surface area contributed by atoms with Crippen molar-refractivity contribution in [3.05, 3.63) is 65.5 Å². The van der Waals surface area contributed by atoms with E-state index in [0.717, 1.165) is 37.2 Å². The van der Waals surface area contributed by atoms with E-state index < -0.39 is 0 Å². The predicted octanol–water partition coefficient (Wildman–Crippen LogP) is 3.63. The lowest BCUT2D eigenvalue weighted by Crippen LogP contribution is -2.31. The predicted molar refractivity (Wildman–Crippen MR) is 122 cm³/mol. The fourth-order valence-electron chi connectivity index (χ4n) is 3.40. The van der Waals surface area contributed by atoms with E-state index in [0.29, 0.717) is 30.9 Å². The first-order valence-corrected chi connectivity index (χ1v) is 10.7. The van der Waals surface area contributed by atoms with Crippen LogP contribution in [-0.2, 0) is 6.42 Å². The van der Waals surface area contributed by atoms with E-state index in [-0.39, 0.29) is 0 Å². The van der Waals surface area contributed by atoms with E-state index >= 15 is 0 Å². The lowest BCUT2D eigenvalue weighted by molar-refractivity contribution is 0.294. The second-order valence-electron chi connectivity index (χ2n) is 7.49. The number of nitrogens with zero attached hydrogens (tertiary/aromatic N) is 6. The van der Waals surface area contributed by atoms with Crippen molar-refractivity contribution in [1.82, 2.24) is 19.9 Å². The minimum Gasteiger partial charge on any atom is -0.463 e. The number of aromatic nitrogens is 4. The number of benzene rings is 1. The van der Waals surface area contributed by atoms with Crippen molar-refractivity contribution in [2.75, 3.05) is 30.0 Å². The smallest absolute Gasteiger partial charge is 0.323 e. The molecule has 1 fully saturated rings. The first kappa shape index (κ1) is 20.7. The SMILES string of the molecule is Cc1cccc(/C=N/Nc2nc(OCCc3ccccn3)nc(N3CCCCC3)n2)c1. The van der Waals surface area contributed by atoms with Crippen LogP contribution in [0.3, 0.4) is 0 Å². The summed E-state index contributed by atoms with van der Waals surface area (Å²) in [7, 11) is 0. The van der Waals surface area contributed by atoms with Gasteiger partial charge >= 0.3 is 6.01 Å². The minimum absolute atomic E-state index is 0.291. The quantitative estimate of drug-likeness (QED) is 0.442. The summed E-state index contributed by atoms with van der Waals surface area (Å²) in [6.45, 7) is 4.36. The molecule has 2 aromatic heterocycles. The summed E-state index contributed by atoms with van der Waals surface area (Å²) >= 11 is 0. The monoisotopic (exact) mass is 417 g/mol. The van der Waals surface area contributed by atoms with Gasteiger partial charge < -0.3 is 9.64 Å². The first-order valence-electron chi connectivity index (χ1n) is 10.7. The van der Waals surface area contributed by atoms with Crippen molar-refractivity contribution in [2.45, 2.75) is 32.6 Å². The highest BCUT2D eigenvalue weighted by atomic mass is 16.5. The maximum Gasteiger partial charge on any atom is 0.323 e. The molecule has 3 heterocycles. The van der Waals surface area contributed by atoms with Crippen LogP contribution in [0, 0.1) is 6.92 Å². The van der Waals surface area contributed by atoms with Crippen LogP contribution in [0.25, 0.3) is 0 Å². The highest BCUT2D eigenvalue weighted by molar-refractivity contribution is 5.80. The Bertz CT molecular complexity index is 1000. The van der Waals surface area contributed by atoms with Gasteiger partial charge in [-0.05, 0) is 43.9 Å². The van der Waals surface area contributed by atoms with Crippen molar-refractivity contribution in [2.24, 2.45) is 5.10 Å². The van der Waals surface area contributed by atoms with E-state index in [9.17, 15) is 0 Å². The van der Waals surface area contributed by atoms with E-state index in [1.165, 1.54) is 12.0 Å². The normalized spacial score (nSPS) is 14.0. The van der Waals surface area contributed by atoms with Crippen LogP contribution >= 0.6 is 0 Å². The van der Waals surface area contributed by atoms with Gasteiger partial charge in [-0.25, -0.2) is 5.43 Å². The van der Waals surface area contributed by atoms with Crippen LogP contribution in [0.15, 0.2) is 53.8 Å². The maximum absolute atomic E-state index is 5.84.